The van der Waals surface area contributed by atoms with Crippen molar-refractivity contribution in [3.63, 3.8) is 0 Å². The highest BCUT2D eigenvalue weighted by molar-refractivity contribution is 5.84. The first-order chi connectivity index (χ1) is 12.8. The van der Waals surface area contributed by atoms with E-state index in [1.165, 1.54) is 0 Å². The van der Waals surface area contributed by atoms with Gasteiger partial charge in [-0.3, -0.25) is 9.59 Å². The summed E-state index contributed by atoms with van der Waals surface area (Å²) in [6, 6.07) is 0. The summed E-state index contributed by atoms with van der Waals surface area (Å²) in [5.74, 6) is -1.17. The van der Waals surface area contributed by atoms with Crippen molar-refractivity contribution in [3.05, 3.63) is 12.2 Å². The van der Waals surface area contributed by atoms with Crippen LogP contribution >= 0.6 is 0 Å². The highest BCUT2D eigenvalue weighted by atomic mass is 16.7. The Morgan fingerprint density at radius 2 is 1.93 bits per heavy atom. The zero-order valence-electron chi connectivity index (χ0n) is 15.0. The van der Waals surface area contributed by atoms with Crippen LogP contribution in [0.15, 0.2) is 12.2 Å². The van der Waals surface area contributed by atoms with Gasteiger partial charge in [0, 0.05) is 18.8 Å². The molecule has 1 saturated heterocycles. The van der Waals surface area contributed by atoms with Gasteiger partial charge in [0.25, 0.3) is 0 Å². The zero-order valence-corrected chi connectivity index (χ0v) is 15.0. The van der Waals surface area contributed by atoms with Gasteiger partial charge in [-0.05, 0) is 25.2 Å². The summed E-state index contributed by atoms with van der Waals surface area (Å²) >= 11 is 0. The number of aliphatic carboxylic acids is 1. The molecule has 0 spiro atoms. The molecule has 7 atom stereocenters. The third-order valence-electron chi connectivity index (χ3n) is 5.15. The average Bonchev–Trinajstić information content (AvgIpc) is 2.96. The van der Waals surface area contributed by atoms with Gasteiger partial charge >= 0.3 is 5.97 Å². The number of aliphatic hydroxyl groups is 4. The van der Waals surface area contributed by atoms with Crippen molar-refractivity contribution in [2.45, 2.75) is 62.8 Å². The van der Waals surface area contributed by atoms with Crippen LogP contribution in [0.4, 0.5) is 0 Å². The second kappa shape index (κ2) is 10.3. The quantitative estimate of drug-likeness (QED) is 0.252. The molecule has 2 aliphatic rings. The number of rotatable bonds is 9. The fraction of sp³-hybridized carbons (Fsp3) is 0.778. The standard InChI is InChI=1S/C18H28O9/c19-9-13-15(23)16(24)17(25)18(27-13)26-7-3-1-2-4-11-10(8-14(21)22)5-6-12(11)20/h1-2,10-11,13,15-19,23-25H,3-9H2,(H,21,22)/b2-1-/t10-,11+,13-,15-,16+,17-,18+/m1/s1. The van der Waals surface area contributed by atoms with Gasteiger partial charge < -0.3 is 35.0 Å². The smallest absolute Gasteiger partial charge is 0.303 e. The number of carboxylic acids is 1. The van der Waals surface area contributed by atoms with E-state index in [1.807, 2.05) is 6.08 Å². The molecule has 0 aromatic rings. The van der Waals surface area contributed by atoms with Crippen molar-refractivity contribution in [1.82, 2.24) is 0 Å². The van der Waals surface area contributed by atoms with Crippen LogP contribution in [0.25, 0.3) is 0 Å². The molecule has 1 aliphatic heterocycles. The van der Waals surface area contributed by atoms with Gasteiger partial charge in [-0.15, -0.1) is 0 Å². The molecule has 1 aliphatic carbocycles. The maximum Gasteiger partial charge on any atom is 0.303 e. The van der Waals surface area contributed by atoms with E-state index in [0.29, 0.717) is 25.7 Å². The molecule has 2 rings (SSSR count). The molecule has 0 unspecified atom stereocenters. The number of allylic oxidation sites excluding steroid dienone is 1. The number of hydrogen-bond donors (Lipinski definition) is 5. The van der Waals surface area contributed by atoms with Crippen molar-refractivity contribution in [3.8, 4) is 0 Å². The minimum Gasteiger partial charge on any atom is -0.481 e. The van der Waals surface area contributed by atoms with Crippen molar-refractivity contribution >= 4 is 11.8 Å². The molecule has 0 aromatic heterocycles. The summed E-state index contributed by atoms with van der Waals surface area (Å²) in [5, 5.41) is 47.3. The number of ketones is 1. The third-order valence-corrected chi connectivity index (χ3v) is 5.15. The van der Waals surface area contributed by atoms with Crippen LogP contribution in [0.5, 0.6) is 0 Å². The lowest BCUT2D eigenvalue weighted by Crippen LogP contribution is -2.59. The van der Waals surface area contributed by atoms with Crippen molar-refractivity contribution in [1.29, 1.82) is 0 Å². The van der Waals surface area contributed by atoms with E-state index in [1.54, 1.807) is 6.08 Å². The molecular weight excluding hydrogens is 360 g/mol. The molecule has 1 saturated carbocycles. The third kappa shape index (κ3) is 5.81. The molecule has 5 N–H and O–H groups in total. The van der Waals surface area contributed by atoms with Gasteiger partial charge in [0.05, 0.1) is 13.2 Å². The minimum atomic E-state index is -1.48. The first kappa shape index (κ1) is 21.9. The molecule has 0 amide bonds. The summed E-state index contributed by atoms with van der Waals surface area (Å²) in [4.78, 5) is 22.7. The van der Waals surface area contributed by atoms with E-state index in [2.05, 4.69) is 0 Å². The predicted molar refractivity (Wildman–Crippen MR) is 91.6 cm³/mol. The Morgan fingerprint density at radius 1 is 1.19 bits per heavy atom. The van der Waals surface area contributed by atoms with Crippen LogP contribution in [-0.2, 0) is 19.1 Å². The van der Waals surface area contributed by atoms with Gasteiger partial charge in [0.1, 0.15) is 30.2 Å². The molecule has 9 nitrogen and oxygen atoms in total. The molecule has 9 heteroatoms. The predicted octanol–water partition coefficient (Wildman–Crippen LogP) is -0.791. The van der Waals surface area contributed by atoms with Crippen LogP contribution < -0.4 is 0 Å². The minimum absolute atomic E-state index is 0.00443. The molecule has 1 heterocycles. The number of aliphatic hydroxyl groups excluding tert-OH is 4. The average molecular weight is 388 g/mol. The second-order valence-corrected chi connectivity index (χ2v) is 7.03. The number of hydrogen-bond acceptors (Lipinski definition) is 8. The van der Waals surface area contributed by atoms with Crippen molar-refractivity contribution in [2.75, 3.05) is 13.2 Å². The summed E-state index contributed by atoms with van der Waals surface area (Å²) in [7, 11) is 0. The van der Waals surface area contributed by atoms with Crippen LogP contribution in [0.2, 0.25) is 0 Å². The monoisotopic (exact) mass is 388 g/mol. The Labute approximate surface area is 157 Å². The molecule has 0 aromatic carbocycles. The second-order valence-electron chi connectivity index (χ2n) is 7.03. The van der Waals surface area contributed by atoms with Gasteiger partial charge in [-0.1, -0.05) is 12.2 Å². The Morgan fingerprint density at radius 3 is 2.59 bits per heavy atom. The first-order valence-electron chi connectivity index (χ1n) is 9.16. The van der Waals surface area contributed by atoms with E-state index in [0.717, 1.165) is 0 Å². The summed E-state index contributed by atoms with van der Waals surface area (Å²) in [6.07, 6.45) is -0.898. The molecule has 154 valence electrons. The Bertz CT molecular complexity index is 533. The lowest BCUT2D eigenvalue weighted by Gasteiger charge is -2.39. The SMILES string of the molecule is O=C(O)C[C@H]1CCC(=O)[C@H]1C/C=C\CCO[C@H]1O[C@H](CO)[C@@H](O)[C@H](O)[C@H]1O. The first-order valence-corrected chi connectivity index (χ1v) is 9.16. The lowest BCUT2D eigenvalue weighted by atomic mass is 9.89. The number of carbonyl (C=O) groups excluding carboxylic acids is 1. The normalized spacial score (nSPS) is 37.2. The molecule has 0 radical (unpaired) electrons. The van der Waals surface area contributed by atoms with Gasteiger partial charge in [0.15, 0.2) is 6.29 Å². The fourth-order valence-corrected chi connectivity index (χ4v) is 3.59. The summed E-state index contributed by atoms with van der Waals surface area (Å²) in [6.45, 7) is -0.353. The number of carbonyl (C=O) groups is 2. The van der Waals surface area contributed by atoms with Crippen LogP contribution in [-0.4, -0.2) is 81.2 Å². The Hall–Kier alpha value is -1.36. The number of carboxylic acid groups (broad SMARTS) is 1. The highest BCUT2D eigenvalue weighted by Gasteiger charge is 2.43. The van der Waals surface area contributed by atoms with Gasteiger partial charge in [-0.25, -0.2) is 0 Å². The number of Topliss-reactive ketones (excluding diaryl/α,β-unsaturated/α-hetero) is 1. The maximum absolute atomic E-state index is 11.9. The van der Waals surface area contributed by atoms with Gasteiger partial charge in [0.2, 0.25) is 0 Å². The summed E-state index contributed by atoms with van der Waals surface area (Å²) < 4.78 is 10.6. The van der Waals surface area contributed by atoms with Crippen molar-refractivity contribution < 1.29 is 44.6 Å². The summed E-state index contributed by atoms with van der Waals surface area (Å²) in [5.41, 5.74) is 0. The van der Waals surface area contributed by atoms with Crippen LogP contribution in [0.3, 0.4) is 0 Å². The fourth-order valence-electron chi connectivity index (χ4n) is 3.59. The van der Waals surface area contributed by atoms with Crippen LogP contribution in [0.1, 0.15) is 32.1 Å². The van der Waals surface area contributed by atoms with Crippen molar-refractivity contribution in [2.24, 2.45) is 11.8 Å². The zero-order chi connectivity index (χ0) is 20.0. The molecule has 0 bridgehead atoms. The highest BCUT2D eigenvalue weighted by Crippen LogP contribution is 2.34. The largest absolute Gasteiger partial charge is 0.481 e. The molecule has 27 heavy (non-hydrogen) atoms. The maximum atomic E-state index is 11.9. The van der Waals surface area contributed by atoms with E-state index in [4.69, 9.17) is 19.7 Å². The molecule has 2 fully saturated rings. The van der Waals surface area contributed by atoms with E-state index in [9.17, 15) is 24.9 Å². The topological polar surface area (TPSA) is 154 Å². The van der Waals surface area contributed by atoms with Gasteiger partial charge in [-0.2, -0.15) is 0 Å². The van der Waals surface area contributed by atoms with E-state index < -0.39 is 43.3 Å². The lowest BCUT2D eigenvalue weighted by molar-refractivity contribution is -0.300. The van der Waals surface area contributed by atoms with E-state index >= 15 is 0 Å². The number of ether oxygens (including phenoxy) is 2. The Kier molecular flexibility index (Phi) is 8.33. The Balaban J connectivity index is 1.73. The van der Waals surface area contributed by atoms with E-state index in [-0.39, 0.29) is 30.6 Å². The molecular formula is C18H28O9. The van der Waals surface area contributed by atoms with Crippen LogP contribution in [0, 0.1) is 11.8 Å².